The zero-order chi connectivity index (χ0) is 18.6. The Morgan fingerprint density at radius 2 is 1.81 bits per heavy atom. The van der Waals surface area contributed by atoms with Crippen LogP contribution in [0.2, 0.25) is 0 Å². The predicted molar refractivity (Wildman–Crippen MR) is 105 cm³/mol. The van der Waals surface area contributed by atoms with Crippen LogP contribution in [0.15, 0.2) is 79.9 Å². The van der Waals surface area contributed by atoms with Crippen molar-refractivity contribution in [1.29, 1.82) is 0 Å². The van der Waals surface area contributed by atoms with Gasteiger partial charge in [0.1, 0.15) is 17.5 Å². The molecule has 132 valence electrons. The van der Waals surface area contributed by atoms with Crippen molar-refractivity contribution in [3.05, 3.63) is 85.5 Å². The molecule has 1 N–H and O–H groups in total. The van der Waals surface area contributed by atoms with Crippen molar-refractivity contribution in [2.45, 2.75) is 6.54 Å². The molecule has 4 rings (SSSR count). The molecular weight excluding hydrogens is 338 g/mol. The number of hydrogen-bond donors (Lipinski definition) is 1. The number of fused-ring (bicyclic) bond motifs is 1. The van der Waals surface area contributed by atoms with Gasteiger partial charge in [-0.3, -0.25) is 4.79 Å². The summed E-state index contributed by atoms with van der Waals surface area (Å²) in [6.07, 6.45) is 4.59. The minimum Gasteiger partial charge on any atom is -0.323 e. The number of hydrogen-bond acceptors (Lipinski definition) is 4. The molecule has 4 aromatic rings. The van der Waals surface area contributed by atoms with E-state index >= 15 is 0 Å². The number of carbonyl (C=O) groups is 1. The van der Waals surface area contributed by atoms with Crippen LogP contribution in [0, 0.1) is 0 Å². The van der Waals surface area contributed by atoms with Crippen molar-refractivity contribution in [2.75, 3.05) is 5.32 Å². The van der Waals surface area contributed by atoms with Crippen LogP contribution in [-0.4, -0.2) is 25.4 Å². The summed E-state index contributed by atoms with van der Waals surface area (Å²) in [5.74, 6) is -0.228. The summed E-state index contributed by atoms with van der Waals surface area (Å²) in [4.78, 5) is 24.7. The SMILES string of the molecule is C=CC(=O)Nc1ccc(Cn2cnc3c(-c4ccccc4)ncnc32)cc1. The molecule has 27 heavy (non-hydrogen) atoms. The highest BCUT2D eigenvalue weighted by Gasteiger charge is 2.11. The van der Waals surface area contributed by atoms with Gasteiger partial charge in [0.05, 0.1) is 12.9 Å². The number of imidazole rings is 1. The Morgan fingerprint density at radius 1 is 1.04 bits per heavy atom. The lowest BCUT2D eigenvalue weighted by atomic mass is 10.1. The highest BCUT2D eigenvalue weighted by atomic mass is 16.1. The molecule has 0 fully saturated rings. The van der Waals surface area contributed by atoms with Crippen molar-refractivity contribution in [3.8, 4) is 11.3 Å². The molecule has 0 saturated heterocycles. The standard InChI is InChI=1S/C21H17N5O/c1-2-18(27)25-17-10-8-15(9-11-17)12-26-14-24-20-19(22-13-23-21(20)26)16-6-4-3-5-7-16/h2-11,13-14H,1,12H2,(H,25,27). The lowest BCUT2D eigenvalue weighted by Crippen LogP contribution is -2.07. The first-order chi connectivity index (χ1) is 13.2. The maximum absolute atomic E-state index is 11.4. The van der Waals surface area contributed by atoms with E-state index in [1.807, 2.05) is 59.2 Å². The predicted octanol–water partition coefficient (Wildman–Crippen LogP) is 3.67. The van der Waals surface area contributed by atoms with Crippen LogP contribution in [0.5, 0.6) is 0 Å². The van der Waals surface area contributed by atoms with E-state index < -0.39 is 0 Å². The number of benzene rings is 2. The fraction of sp³-hybridized carbons (Fsp3) is 0.0476. The van der Waals surface area contributed by atoms with Gasteiger partial charge in [-0.1, -0.05) is 49.0 Å². The summed E-state index contributed by atoms with van der Waals surface area (Å²) in [5, 5.41) is 2.74. The van der Waals surface area contributed by atoms with Gasteiger partial charge in [-0.25, -0.2) is 15.0 Å². The van der Waals surface area contributed by atoms with Gasteiger partial charge in [-0.15, -0.1) is 0 Å². The highest BCUT2D eigenvalue weighted by molar-refractivity contribution is 5.98. The van der Waals surface area contributed by atoms with Gasteiger partial charge in [0, 0.05) is 11.3 Å². The molecule has 0 unspecified atom stereocenters. The van der Waals surface area contributed by atoms with Gasteiger partial charge in [0.15, 0.2) is 5.65 Å². The second-order valence-corrected chi connectivity index (χ2v) is 6.02. The second-order valence-electron chi connectivity index (χ2n) is 6.02. The monoisotopic (exact) mass is 355 g/mol. The molecule has 6 nitrogen and oxygen atoms in total. The molecule has 2 aromatic carbocycles. The van der Waals surface area contributed by atoms with Crippen molar-refractivity contribution < 1.29 is 4.79 Å². The second kappa shape index (κ2) is 7.21. The smallest absolute Gasteiger partial charge is 0.247 e. The van der Waals surface area contributed by atoms with E-state index in [1.165, 1.54) is 6.08 Å². The third kappa shape index (κ3) is 3.46. The molecule has 1 amide bonds. The van der Waals surface area contributed by atoms with Crippen LogP contribution >= 0.6 is 0 Å². The maximum atomic E-state index is 11.4. The summed E-state index contributed by atoms with van der Waals surface area (Å²) in [6, 6.07) is 17.6. The number of amides is 1. The average Bonchev–Trinajstić information content (AvgIpc) is 3.13. The lowest BCUT2D eigenvalue weighted by Gasteiger charge is -2.07. The maximum Gasteiger partial charge on any atom is 0.247 e. The minimum absolute atomic E-state index is 0.228. The Morgan fingerprint density at radius 3 is 2.56 bits per heavy atom. The summed E-state index contributed by atoms with van der Waals surface area (Å²) in [5.41, 5.74) is 5.20. The molecule has 0 atom stereocenters. The Labute approximate surface area is 156 Å². The van der Waals surface area contributed by atoms with Crippen LogP contribution in [0.25, 0.3) is 22.4 Å². The number of anilines is 1. The molecule has 2 aromatic heterocycles. The van der Waals surface area contributed by atoms with Gasteiger partial charge < -0.3 is 9.88 Å². The Kier molecular flexibility index (Phi) is 4.45. The zero-order valence-electron chi connectivity index (χ0n) is 14.5. The third-order valence-electron chi connectivity index (χ3n) is 4.21. The van der Waals surface area contributed by atoms with Gasteiger partial charge in [0.2, 0.25) is 5.91 Å². The van der Waals surface area contributed by atoms with Gasteiger partial charge in [-0.05, 0) is 23.8 Å². The Bertz CT molecular complexity index is 1100. The normalized spacial score (nSPS) is 10.7. The van der Waals surface area contributed by atoms with E-state index in [2.05, 4.69) is 26.8 Å². The summed E-state index contributed by atoms with van der Waals surface area (Å²) in [7, 11) is 0. The van der Waals surface area contributed by atoms with Crippen molar-refractivity contribution in [3.63, 3.8) is 0 Å². The number of rotatable bonds is 5. The molecular formula is C21H17N5O. The minimum atomic E-state index is -0.228. The van der Waals surface area contributed by atoms with E-state index in [1.54, 1.807) is 12.7 Å². The van der Waals surface area contributed by atoms with Crippen molar-refractivity contribution in [1.82, 2.24) is 19.5 Å². The number of carbonyl (C=O) groups excluding carboxylic acids is 1. The van der Waals surface area contributed by atoms with Crippen LogP contribution in [-0.2, 0) is 11.3 Å². The van der Waals surface area contributed by atoms with Crippen LogP contribution < -0.4 is 5.32 Å². The Hall–Kier alpha value is -3.80. The first-order valence-electron chi connectivity index (χ1n) is 8.48. The van der Waals surface area contributed by atoms with Crippen LogP contribution in [0.3, 0.4) is 0 Å². The van der Waals surface area contributed by atoms with E-state index in [-0.39, 0.29) is 5.91 Å². The summed E-state index contributed by atoms with van der Waals surface area (Å²) < 4.78 is 1.99. The molecule has 0 saturated carbocycles. The summed E-state index contributed by atoms with van der Waals surface area (Å²) >= 11 is 0. The molecule has 2 heterocycles. The molecule has 0 bridgehead atoms. The van der Waals surface area contributed by atoms with E-state index in [0.717, 1.165) is 33.7 Å². The Balaban J connectivity index is 1.62. The molecule has 0 radical (unpaired) electrons. The van der Waals surface area contributed by atoms with Crippen molar-refractivity contribution in [2.24, 2.45) is 0 Å². The van der Waals surface area contributed by atoms with E-state index in [9.17, 15) is 4.79 Å². The fourth-order valence-electron chi connectivity index (χ4n) is 2.89. The largest absolute Gasteiger partial charge is 0.323 e. The van der Waals surface area contributed by atoms with E-state index in [0.29, 0.717) is 6.54 Å². The van der Waals surface area contributed by atoms with E-state index in [4.69, 9.17) is 0 Å². The average molecular weight is 355 g/mol. The topological polar surface area (TPSA) is 72.7 Å². The quantitative estimate of drug-likeness (QED) is 0.555. The van der Waals surface area contributed by atoms with Gasteiger partial charge in [-0.2, -0.15) is 0 Å². The van der Waals surface area contributed by atoms with Gasteiger partial charge in [0.25, 0.3) is 0 Å². The highest BCUT2D eigenvalue weighted by Crippen LogP contribution is 2.24. The number of nitrogens with one attached hydrogen (secondary N) is 1. The van der Waals surface area contributed by atoms with Crippen LogP contribution in [0.1, 0.15) is 5.56 Å². The van der Waals surface area contributed by atoms with Crippen molar-refractivity contribution >= 4 is 22.8 Å². The molecule has 0 aliphatic rings. The number of aromatic nitrogens is 4. The number of nitrogens with zero attached hydrogens (tertiary/aromatic N) is 4. The van der Waals surface area contributed by atoms with Gasteiger partial charge >= 0.3 is 0 Å². The zero-order valence-corrected chi connectivity index (χ0v) is 14.5. The lowest BCUT2D eigenvalue weighted by molar-refractivity contribution is -0.111. The summed E-state index contributed by atoms with van der Waals surface area (Å²) in [6.45, 7) is 4.07. The molecule has 0 aliphatic heterocycles. The first kappa shape index (κ1) is 16.7. The molecule has 0 aliphatic carbocycles. The first-order valence-corrected chi connectivity index (χ1v) is 8.48. The fourth-order valence-corrected chi connectivity index (χ4v) is 2.89. The van der Waals surface area contributed by atoms with Crippen LogP contribution in [0.4, 0.5) is 5.69 Å². The third-order valence-corrected chi connectivity index (χ3v) is 4.21. The molecule has 6 heteroatoms. The molecule has 0 spiro atoms.